The lowest BCUT2D eigenvalue weighted by Gasteiger charge is -2.24. The van der Waals surface area contributed by atoms with E-state index in [9.17, 15) is 0 Å². The number of para-hydroxylation sites is 1. The zero-order valence-corrected chi connectivity index (χ0v) is 15.4. The van der Waals surface area contributed by atoms with Crippen molar-refractivity contribution in [3.63, 3.8) is 0 Å². The molecule has 0 saturated carbocycles. The number of rotatable bonds is 7. The first-order valence-electron chi connectivity index (χ1n) is 6.93. The monoisotopic (exact) mass is 346 g/mol. The van der Waals surface area contributed by atoms with Gasteiger partial charge >= 0.3 is 6.71 Å². The summed E-state index contributed by atoms with van der Waals surface area (Å²) in [7, 11) is 0. The van der Waals surface area contributed by atoms with Crippen molar-refractivity contribution in [3.05, 3.63) is 29.8 Å². The van der Waals surface area contributed by atoms with E-state index < -0.39 is 6.71 Å². The Morgan fingerprint density at radius 1 is 1.43 bits per heavy atom. The van der Waals surface area contributed by atoms with Gasteiger partial charge in [0.05, 0.1) is 6.61 Å². The molecule has 7 heteroatoms. The van der Waals surface area contributed by atoms with E-state index in [1.54, 1.807) is 0 Å². The first-order chi connectivity index (χ1) is 9.90. The molecule has 0 fully saturated rings. The Kier molecular flexibility index (Phi) is 7.74. The summed E-state index contributed by atoms with van der Waals surface area (Å²) in [5, 5.41) is 11.9. The van der Waals surface area contributed by atoms with Gasteiger partial charge in [0.15, 0.2) is 0 Å². The molecule has 0 radical (unpaired) electrons. The summed E-state index contributed by atoms with van der Waals surface area (Å²) in [5.74, 6) is 0. The number of hydrogen-bond acceptors (Lipinski definition) is 5. The van der Waals surface area contributed by atoms with Crippen molar-refractivity contribution in [1.82, 2.24) is 0 Å². The second kappa shape index (κ2) is 8.79. The van der Waals surface area contributed by atoms with Crippen LogP contribution in [0.1, 0.15) is 32.8 Å². The Labute approximate surface area is 136 Å². The summed E-state index contributed by atoms with van der Waals surface area (Å²) >= 11 is 6.65. The fraction of sp³-hybridized carbons (Fsp3) is 0.500. The quantitative estimate of drug-likeness (QED) is 0.482. The minimum atomic E-state index is -2.79. The molecule has 0 aliphatic heterocycles. The lowest BCUT2D eigenvalue weighted by atomic mass is 10.2. The van der Waals surface area contributed by atoms with Gasteiger partial charge in [0.25, 0.3) is 5.17 Å². The van der Waals surface area contributed by atoms with E-state index in [1.807, 2.05) is 38.1 Å². The largest absolute Gasteiger partial charge is 0.404 e. The highest BCUT2D eigenvalue weighted by atomic mass is 32.7. The van der Waals surface area contributed by atoms with E-state index in [4.69, 9.17) is 26.4 Å². The smallest absolute Gasteiger partial charge is 0.323 e. The standard InChI is InChI=1S/C14H23N2O2PS2/c1-5-12(4)21-19(15,17-6-2)18-14(20)16-13-10-8-7-9-11(13)3/h7-10,12,15H,5-6H2,1-4H3,(H,16,20). The summed E-state index contributed by atoms with van der Waals surface area (Å²) in [6.45, 7) is 5.65. The van der Waals surface area contributed by atoms with Crippen molar-refractivity contribution in [1.29, 1.82) is 5.16 Å². The lowest BCUT2D eigenvalue weighted by Crippen LogP contribution is -2.13. The maximum atomic E-state index is 8.41. The molecule has 118 valence electrons. The van der Waals surface area contributed by atoms with Crippen molar-refractivity contribution in [2.75, 3.05) is 11.9 Å². The van der Waals surface area contributed by atoms with Crippen LogP contribution in [0.3, 0.4) is 0 Å². The Balaban J connectivity index is 2.73. The molecule has 0 bridgehead atoms. The minimum absolute atomic E-state index is 0.192. The number of benzene rings is 1. The van der Waals surface area contributed by atoms with Gasteiger partial charge in [0, 0.05) is 10.9 Å². The van der Waals surface area contributed by atoms with Gasteiger partial charge in [-0.25, -0.2) is 0 Å². The van der Waals surface area contributed by atoms with Crippen molar-refractivity contribution in [2.24, 2.45) is 0 Å². The van der Waals surface area contributed by atoms with E-state index in [-0.39, 0.29) is 5.17 Å². The highest BCUT2D eigenvalue weighted by Gasteiger charge is 2.25. The van der Waals surface area contributed by atoms with Crippen molar-refractivity contribution >= 4 is 41.2 Å². The molecule has 0 heterocycles. The maximum absolute atomic E-state index is 8.41. The van der Waals surface area contributed by atoms with Gasteiger partial charge in [-0.15, -0.1) is 0 Å². The Morgan fingerprint density at radius 2 is 2.10 bits per heavy atom. The predicted molar refractivity (Wildman–Crippen MR) is 97.1 cm³/mol. The van der Waals surface area contributed by atoms with E-state index in [1.165, 1.54) is 11.4 Å². The van der Waals surface area contributed by atoms with Gasteiger partial charge in [0.2, 0.25) is 0 Å². The molecule has 1 aromatic rings. The average Bonchev–Trinajstić information content (AvgIpc) is 2.41. The molecular formula is C14H23N2O2PS2. The Hall–Kier alpha value is -0.550. The first kappa shape index (κ1) is 18.5. The average molecular weight is 346 g/mol. The van der Waals surface area contributed by atoms with Crippen LogP contribution in [0.25, 0.3) is 0 Å². The molecule has 2 unspecified atom stereocenters. The van der Waals surface area contributed by atoms with Crippen molar-refractivity contribution in [3.8, 4) is 0 Å². The third-order valence-electron chi connectivity index (χ3n) is 2.78. The molecule has 0 saturated heterocycles. The van der Waals surface area contributed by atoms with Crippen molar-refractivity contribution in [2.45, 2.75) is 39.4 Å². The van der Waals surface area contributed by atoms with Crippen LogP contribution in [0.15, 0.2) is 24.3 Å². The molecule has 0 aliphatic rings. The Morgan fingerprint density at radius 3 is 2.67 bits per heavy atom. The fourth-order valence-corrected chi connectivity index (χ4v) is 6.18. The number of nitrogens with one attached hydrogen (secondary N) is 2. The zero-order chi connectivity index (χ0) is 15.9. The van der Waals surface area contributed by atoms with Crippen LogP contribution in [0.2, 0.25) is 0 Å². The summed E-state index contributed by atoms with van der Waals surface area (Å²) in [4.78, 5) is 0. The topological polar surface area (TPSA) is 54.3 Å². The van der Waals surface area contributed by atoms with Gasteiger partial charge < -0.3 is 14.4 Å². The van der Waals surface area contributed by atoms with E-state index in [0.717, 1.165) is 17.7 Å². The molecule has 1 rings (SSSR count). The molecule has 4 nitrogen and oxygen atoms in total. The molecule has 0 spiro atoms. The van der Waals surface area contributed by atoms with Crippen LogP contribution in [0.4, 0.5) is 5.69 Å². The molecular weight excluding hydrogens is 323 g/mol. The zero-order valence-electron chi connectivity index (χ0n) is 12.9. The van der Waals surface area contributed by atoms with E-state index in [2.05, 4.69) is 19.2 Å². The van der Waals surface area contributed by atoms with Gasteiger partial charge in [-0.1, -0.05) is 32.0 Å². The van der Waals surface area contributed by atoms with Gasteiger partial charge in [-0.05, 0) is 55.5 Å². The number of thiocarbonyl (C=S) groups is 1. The summed E-state index contributed by atoms with van der Waals surface area (Å²) in [6, 6.07) is 7.81. The second-order valence-electron chi connectivity index (χ2n) is 4.56. The molecule has 21 heavy (non-hydrogen) atoms. The van der Waals surface area contributed by atoms with E-state index in [0.29, 0.717) is 11.9 Å². The van der Waals surface area contributed by atoms with Crippen LogP contribution in [-0.2, 0) is 9.05 Å². The third kappa shape index (κ3) is 6.39. The van der Waals surface area contributed by atoms with Crippen LogP contribution in [0, 0.1) is 12.1 Å². The van der Waals surface area contributed by atoms with Crippen LogP contribution in [0.5, 0.6) is 0 Å². The van der Waals surface area contributed by atoms with Gasteiger partial charge in [-0.3, -0.25) is 5.16 Å². The Bertz CT molecular complexity index is 525. The maximum Gasteiger partial charge on any atom is 0.323 e. The lowest BCUT2D eigenvalue weighted by molar-refractivity contribution is 0.334. The highest BCUT2D eigenvalue weighted by Crippen LogP contribution is 2.63. The first-order valence-corrected chi connectivity index (χ1v) is 10.4. The van der Waals surface area contributed by atoms with Gasteiger partial charge in [-0.2, -0.15) is 0 Å². The minimum Gasteiger partial charge on any atom is -0.404 e. The van der Waals surface area contributed by atoms with Crippen LogP contribution in [-0.4, -0.2) is 17.0 Å². The van der Waals surface area contributed by atoms with Crippen molar-refractivity contribution < 1.29 is 9.05 Å². The highest BCUT2D eigenvalue weighted by molar-refractivity contribution is 8.55. The molecule has 0 amide bonds. The SMILES string of the molecule is CCOP(=N)(OC(=S)Nc1ccccc1C)SC(C)CC. The van der Waals surface area contributed by atoms with Crippen LogP contribution >= 0.6 is 30.3 Å². The summed E-state index contributed by atoms with van der Waals surface area (Å²) in [6.07, 6.45) is 0.958. The molecule has 0 aliphatic carbocycles. The fourth-order valence-electron chi connectivity index (χ4n) is 1.51. The molecule has 1 aromatic carbocycles. The van der Waals surface area contributed by atoms with E-state index >= 15 is 0 Å². The number of hydrogen-bond donors (Lipinski definition) is 2. The number of aryl methyl sites for hydroxylation is 1. The third-order valence-corrected chi connectivity index (χ3v) is 7.53. The normalized spacial score (nSPS) is 15.0. The molecule has 0 aromatic heterocycles. The predicted octanol–water partition coefficient (Wildman–Crippen LogP) is 5.80. The summed E-state index contributed by atoms with van der Waals surface area (Å²) in [5.41, 5.74) is 1.96. The second-order valence-corrected chi connectivity index (χ2v) is 9.45. The van der Waals surface area contributed by atoms with Gasteiger partial charge in [0.1, 0.15) is 0 Å². The van der Waals surface area contributed by atoms with Crippen LogP contribution < -0.4 is 5.32 Å². The summed E-state index contributed by atoms with van der Waals surface area (Å²) < 4.78 is 11.2. The molecule has 2 atom stereocenters. The molecule has 2 N–H and O–H groups in total. The number of anilines is 1.